The Labute approximate surface area is 181 Å². The van der Waals surface area contributed by atoms with Crippen molar-refractivity contribution in [3.05, 3.63) is 66.2 Å². The fraction of sp³-hybridized carbons (Fsp3) is 0.182. The van der Waals surface area contributed by atoms with Gasteiger partial charge in [0.2, 0.25) is 10.0 Å². The van der Waals surface area contributed by atoms with Gasteiger partial charge in [0.15, 0.2) is 0 Å². The van der Waals surface area contributed by atoms with Gasteiger partial charge in [-0.25, -0.2) is 13.8 Å². The summed E-state index contributed by atoms with van der Waals surface area (Å²) in [6, 6.07) is 17.8. The number of rotatable bonds is 8. The maximum absolute atomic E-state index is 12.5. The van der Waals surface area contributed by atoms with Crippen LogP contribution >= 0.6 is 0 Å². The van der Waals surface area contributed by atoms with E-state index in [0.29, 0.717) is 22.7 Å². The lowest BCUT2D eigenvalue weighted by molar-refractivity contribution is -0.119. The Balaban J connectivity index is 1.79. The molecule has 3 rings (SSSR count). The first-order chi connectivity index (χ1) is 14.8. The molecule has 0 atom stereocenters. The topological polar surface area (TPSA) is 97.3 Å². The molecule has 8 nitrogen and oxygen atoms in total. The summed E-state index contributed by atoms with van der Waals surface area (Å²) in [5.74, 6) is 0.560. The molecule has 0 saturated heterocycles. The van der Waals surface area contributed by atoms with Crippen LogP contribution in [0.1, 0.15) is 5.56 Å². The highest BCUT2D eigenvalue weighted by Crippen LogP contribution is 2.28. The summed E-state index contributed by atoms with van der Waals surface area (Å²) in [4.78, 5) is 12.5. The third-order valence-electron chi connectivity index (χ3n) is 4.56. The maximum atomic E-state index is 12.5. The van der Waals surface area contributed by atoms with Gasteiger partial charge in [0.25, 0.3) is 5.91 Å². The van der Waals surface area contributed by atoms with Crippen LogP contribution in [0.25, 0.3) is 10.8 Å². The van der Waals surface area contributed by atoms with E-state index < -0.39 is 22.5 Å². The normalized spacial score (nSPS) is 11.5. The first kappa shape index (κ1) is 22.1. The van der Waals surface area contributed by atoms with E-state index in [-0.39, 0.29) is 0 Å². The SMILES string of the molecule is COc1ccc(/C=N\NC(=O)CN(c2cccc3ccccc23)S(C)(=O)=O)c(OC)c1. The molecule has 0 heterocycles. The molecule has 3 aromatic rings. The number of hydrogen-bond donors (Lipinski definition) is 1. The standard InChI is InChI=1S/C22H23N3O5S/c1-29-18-12-11-17(21(13-18)30-2)14-23-24-22(26)15-25(31(3,27)28)20-10-6-8-16-7-4-5-9-19(16)20/h4-14H,15H2,1-3H3,(H,24,26)/b23-14-. The molecular weight excluding hydrogens is 418 g/mol. The molecule has 0 bridgehead atoms. The predicted octanol–water partition coefficient (Wildman–Crippen LogP) is 2.77. The van der Waals surface area contributed by atoms with Crippen LogP contribution in [0.3, 0.4) is 0 Å². The Kier molecular flexibility index (Phi) is 6.76. The minimum atomic E-state index is -3.71. The number of benzene rings is 3. The lowest BCUT2D eigenvalue weighted by atomic mass is 10.1. The summed E-state index contributed by atoms with van der Waals surface area (Å²) < 4.78 is 36.4. The average molecular weight is 442 g/mol. The van der Waals surface area contributed by atoms with Crippen LogP contribution in [-0.2, 0) is 14.8 Å². The third kappa shape index (κ3) is 5.32. The summed E-state index contributed by atoms with van der Waals surface area (Å²) in [5.41, 5.74) is 3.42. The molecule has 0 spiro atoms. The molecule has 31 heavy (non-hydrogen) atoms. The summed E-state index contributed by atoms with van der Waals surface area (Å²) in [5, 5.41) is 5.53. The molecular formula is C22H23N3O5S. The number of fused-ring (bicyclic) bond motifs is 1. The van der Waals surface area contributed by atoms with Crippen molar-refractivity contribution in [3.8, 4) is 11.5 Å². The second kappa shape index (κ2) is 9.48. The van der Waals surface area contributed by atoms with Crippen molar-refractivity contribution in [3.63, 3.8) is 0 Å². The fourth-order valence-corrected chi connectivity index (χ4v) is 3.94. The molecule has 3 aromatic carbocycles. The van der Waals surface area contributed by atoms with E-state index in [2.05, 4.69) is 10.5 Å². The number of nitrogens with one attached hydrogen (secondary N) is 1. The van der Waals surface area contributed by atoms with Crippen LogP contribution in [0.5, 0.6) is 11.5 Å². The predicted molar refractivity (Wildman–Crippen MR) is 121 cm³/mol. The molecule has 0 radical (unpaired) electrons. The Bertz CT molecular complexity index is 1220. The van der Waals surface area contributed by atoms with Gasteiger partial charge in [0.1, 0.15) is 18.0 Å². The van der Waals surface area contributed by atoms with E-state index in [1.54, 1.807) is 37.4 Å². The van der Waals surface area contributed by atoms with Gasteiger partial charge in [-0.1, -0.05) is 36.4 Å². The van der Waals surface area contributed by atoms with Crippen LogP contribution < -0.4 is 19.2 Å². The summed E-state index contributed by atoms with van der Waals surface area (Å²) in [7, 11) is -0.653. The Morgan fingerprint density at radius 1 is 1.06 bits per heavy atom. The highest BCUT2D eigenvalue weighted by molar-refractivity contribution is 7.92. The molecule has 0 aliphatic carbocycles. The lowest BCUT2D eigenvalue weighted by Gasteiger charge is -2.23. The van der Waals surface area contributed by atoms with Gasteiger partial charge < -0.3 is 9.47 Å². The van der Waals surface area contributed by atoms with Crippen LogP contribution in [0.15, 0.2) is 65.8 Å². The van der Waals surface area contributed by atoms with Gasteiger partial charge in [-0.2, -0.15) is 5.10 Å². The van der Waals surface area contributed by atoms with Crippen molar-refractivity contribution in [1.82, 2.24) is 5.43 Å². The number of carbonyl (C=O) groups excluding carboxylic acids is 1. The van der Waals surface area contributed by atoms with Crippen molar-refractivity contribution in [2.75, 3.05) is 31.3 Å². The first-order valence-electron chi connectivity index (χ1n) is 9.33. The van der Waals surface area contributed by atoms with Crippen molar-refractivity contribution in [1.29, 1.82) is 0 Å². The second-order valence-electron chi connectivity index (χ2n) is 6.67. The van der Waals surface area contributed by atoms with Crippen molar-refractivity contribution in [2.45, 2.75) is 0 Å². The van der Waals surface area contributed by atoms with Gasteiger partial charge >= 0.3 is 0 Å². The number of methoxy groups -OCH3 is 2. The molecule has 0 fully saturated rings. The van der Waals surface area contributed by atoms with Crippen LogP contribution in [0, 0.1) is 0 Å². The number of anilines is 1. The van der Waals surface area contributed by atoms with Crippen LogP contribution in [-0.4, -0.2) is 47.6 Å². The van der Waals surface area contributed by atoms with Gasteiger partial charge in [-0.15, -0.1) is 0 Å². The number of carbonyl (C=O) groups is 1. The summed E-state index contributed by atoms with van der Waals surface area (Å²) >= 11 is 0. The highest BCUT2D eigenvalue weighted by atomic mass is 32.2. The van der Waals surface area contributed by atoms with Crippen molar-refractivity contribution in [2.24, 2.45) is 5.10 Å². The average Bonchev–Trinajstić information content (AvgIpc) is 2.76. The molecule has 9 heteroatoms. The van der Waals surface area contributed by atoms with Gasteiger partial charge in [0, 0.05) is 17.0 Å². The Hall–Kier alpha value is -3.59. The minimum Gasteiger partial charge on any atom is -0.497 e. The highest BCUT2D eigenvalue weighted by Gasteiger charge is 2.22. The number of hydrogen-bond acceptors (Lipinski definition) is 6. The number of hydrazone groups is 1. The molecule has 0 aliphatic rings. The van der Waals surface area contributed by atoms with Gasteiger partial charge in [-0.05, 0) is 23.6 Å². The molecule has 162 valence electrons. The van der Waals surface area contributed by atoms with E-state index >= 15 is 0 Å². The second-order valence-corrected chi connectivity index (χ2v) is 8.58. The minimum absolute atomic E-state index is 0.413. The molecule has 0 saturated carbocycles. The number of sulfonamides is 1. The quantitative estimate of drug-likeness (QED) is 0.428. The van der Waals surface area contributed by atoms with Gasteiger partial charge in [-0.3, -0.25) is 9.10 Å². The smallest absolute Gasteiger partial charge is 0.260 e. The molecule has 0 unspecified atom stereocenters. The van der Waals surface area contributed by atoms with Gasteiger partial charge in [0.05, 0.1) is 32.4 Å². The zero-order chi connectivity index (χ0) is 22.4. The zero-order valence-electron chi connectivity index (χ0n) is 17.4. The van der Waals surface area contributed by atoms with E-state index in [0.717, 1.165) is 21.3 Å². The first-order valence-corrected chi connectivity index (χ1v) is 11.2. The third-order valence-corrected chi connectivity index (χ3v) is 5.68. The fourth-order valence-electron chi connectivity index (χ4n) is 3.07. The van der Waals surface area contributed by atoms with E-state index in [1.165, 1.54) is 13.3 Å². The largest absolute Gasteiger partial charge is 0.497 e. The number of ether oxygens (including phenoxy) is 2. The Morgan fingerprint density at radius 3 is 2.52 bits per heavy atom. The molecule has 1 amide bonds. The number of nitrogens with zero attached hydrogens (tertiary/aromatic N) is 2. The van der Waals surface area contributed by atoms with Crippen LogP contribution in [0.4, 0.5) is 5.69 Å². The lowest BCUT2D eigenvalue weighted by Crippen LogP contribution is -2.39. The molecule has 0 aromatic heterocycles. The molecule has 0 aliphatic heterocycles. The number of amides is 1. The summed E-state index contributed by atoms with van der Waals surface area (Å²) in [6.45, 7) is -0.413. The van der Waals surface area contributed by atoms with E-state index in [1.807, 2.05) is 30.3 Å². The zero-order valence-corrected chi connectivity index (χ0v) is 18.2. The summed E-state index contributed by atoms with van der Waals surface area (Å²) in [6.07, 6.45) is 2.48. The van der Waals surface area contributed by atoms with E-state index in [9.17, 15) is 13.2 Å². The maximum Gasteiger partial charge on any atom is 0.260 e. The van der Waals surface area contributed by atoms with E-state index in [4.69, 9.17) is 9.47 Å². The van der Waals surface area contributed by atoms with Crippen LogP contribution in [0.2, 0.25) is 0 Å². The Morgan fingerprint density at radius 2 is 1.81 bits per heavy atom. The van der Waals surface area contributed by atoms with Crippen molar-refractivity contribution < 1.29 is 22.7 Å². The monoisotopic (exact) mass is 441 g/mol. The van der Waals surface area contributed by atoms with Crippen molar-refractivity contribution >= 4 is 38.6 Å². The molecule has 1 N–H and O–H groups in total.